The third-order valence-corrected chi connectivity index (χ3v) is 2.96. The summed E-state index contributed by atoms with van der Waals surface area (Å²) in [5, 5.41) is 6.38. The van der Waals surface area contributed by atoms with Crippen molar-refractivity contribution >= 4 is 28.8 Å². The third kappa shape index (κ3) is 3.82. The fourth-order valence-electron chi connectivity index (χ4n) is 1.39. The number of primary amides is 1. The van der Waals surface area contributed by atoms with Crippen molar-refractivity contribution in [3.8, 4) is 5.75 Å². The number of amides is 2. The van der Waals surface area contributed by atoms with Gasteiger partial charge in [-0.2, -0.15) is 11.3 Å². The Morgan fingerprint density at radius 1 is 1.21 bits per heavy atom. The monoisotopic (exact) mass is 276 g/mol. The second-order valence-electron chi connectivity index (χ2n) is 3.75. The highest BCUT2D eigenvalue weighted by atomic mass is 32.1. The molecule has 0 saturated carbocycles. The number of carbonyl (C=O) groups excluding carboxylic acids is 2. The third-order valence-electron chi connectivity index (χ3n) is 2.28. The standard InChI is InChI=1S/C13H12N2O3S/c14-12(16)7-18-11-3-1-10(2-4-11)15-13(17)9-5-6-19-8-9/h1-6,8H,7H2,(H2,14,16)(H,15,17). The minimum Gasteiger partial charge on any atom is -0.484 e. The van der Waals surface area contributed by atoms with Gasteiger partial charge in [0, 0.05) is 11.1 Å². The number of nitrogens with one attached hydrogen (secondary N) is 1. The molecule has 0 bridgehead atoms. The molecule has 98 valence electrons. The van der Waals surface area contributed by atoms with Crippen LogP contribution in [0.2, 0.25) is 0 Å². The topological polar surface area (TPSA) is 81.4 Å². The Hall–Kier alpha value is -2.34. The predicted molar refractivity (Wildman–Crippen MR) is 73.4 cm³/mol. The largest absolute Gasteiger partial charge is 0.484 e. The molecular formula is C13H12N2O3S. The first-order valence-corrected chi connectivity index (χ1v) is 6.44. The molecule has 1 heterocycles. The van der Waals surface area contributed by atoms with Gasteiger partial charge in [-0.1, -0.05) is 0 Å². The smallest absolute Gasteiger partial charge is 0.256 e. The van der Waals surface area contributed by atoms with Gasteiger partial charge in [0.2, 0.25) is 0 Å². The summed E-state index contributed by atoms with van der Waals surface area (Å²) < 4.78 is 5.11. The van der Waals surface area contributed by atoms with E-state index in [2.05, 4.69) is 5.32 Å². The highest BCUT2D eigenvalue weighted by Gasteiger charge is 2.06. The van der Waals surface area contributed by atoms with Crippen molar-refractivity contribution in [2.45, 2.75) is 0 Å². The van der Waals surface area contributed by atoms with E-state index in [9.17, 15) is 9.59 Å². The Kier molecular flexibility index (Phi) is 4.15. The van der Waals surface area contributed by atoms with E-state index >= 15 is 0 Å². The predicted octanol–water partition coefficient (Wildman–Crippen LogP) is 1.86. The van der Waals surface area contributed by atoms with Gasteiger partial charge in [-0.3, -0.25) is 9.59 Å². The van der Waals surface area contributed by atoms with Crippen molar-refractivity contribution in [2.24, 2.45) is 5.73 Å². The van der Waals surface area contributed by atoms with Crippen molar-refractivity contribution in [3.05, 3.63) is 46.7 Å². The fraction of sp³-hybridized carbons (Fsp3) is 0.0769. The van der Waals surface area contributed by atoms with Crippen LogP contribution >= 0.6 is 11.3 Å². The summed E-state index contributed by atoms with van der Waals surface area (Å²) in [5.74, 6) is -0.172. The quantitative estimate of drug-likeness (QED) is 0.874. The molecule has 1 aromatic heterocycles. The number of carbonyl (C=O) groups is 2. The summed E-state index contributed by atoms with van der Waals surface area (Å²) in [5.41, 5.74) is 6.25. The van der Waals surface area contributed by atoms with E-state index in [4.69, 9.17) is 10.5 Å². The van der Waals surface area contributed by atoms with E-state index in [1.807, 2.05) is 5.38 Å². The average Bonchev–Trinajstić information content (AvgIpc) is 2.92. The van der Waals surface area contributed by atoms with Gasteiger partial charge in [-0.15, -0.1) is 0 Å². The summed E-state index contributed by atoms with van der Waals surface area (Å²) in [6, 6.07) is 8.46. The highest BCUT2D eigenvalue weighted by molar-refractivity contribution is 7.08. The van der Waals surface area contributed by atoms with Crippen molar-refractivity contribution in [1.82, 2.24) is 0 Å². The number of hydrogen-bond acceptors (Lipinski definition) is 4. The number of hydrogen-bond donors (Lipinski definition) is 2. The molecule has 6 heteroatoms. The second kappa shape index (κ2) is 6.01. The molecule has 2 aromatic rings. The Labute approximate surface area is 114 Å². The lowest BCUT2D eigenvalue weighted by molar-refractivity contribution is -0.119. The van der Waals surface area contributed by atoms with Gasteiger partial charge in [0.25, 0.3) is 11.8 Å². The molecular weight excluding hydrogens is 264 g/mol. The van der Waals surface area contributed by atoms with Crippen molar-refractivity contribution in [2.75, 3.05) is 11.9 Å². The van der Waals surface area contributed by atoms with Crippen molar-refractivity contribution < 1.29 is 14.3 Å². The first-order valence-electron chi connectivity index (χ1n) is 5.50. The molecule has 0 saturated heterocycles. The molecule has 2 amide bonds. The lowest BCUT2D eigenvalue weighted by atomic mass is 10.2. The summed E-state index contributed by atoms with van der Waals surface area (Å²) in [7, 11) is 0. The maximum absolute atomic E-state index is 11.8. The highest BCUT2D eigenvalue weighted by Crippen LogP contribution is 2.17. The number of nitrogens with two attached hydrogens (primary N) is 1. The number of thiophene rings is 1. The number of benzene rings is 1. The van der Waals surface area contributed by atoms with Crippen LogP contribution in [-0.4, -0.2) is 18.4 Å². The van der Waals surface area contributed by atoms with Crippen LogP contribution < -0.4 is 15.8 Å². The van der Waals surface area contributed by atoms with Gasteiger partial charge in [0.15, 0.2) is 6.61 Å². The van der Waals surface area contributed by atoms with E-state index in [0.29, 0.717) is 17.0 Å². The Morgan fingerprint density at radius 2 is 1.95 bits per heavy atom. The molecule has 1 aromatic carbocycles. The normalized spacial score (nSPS) is 9.89. The van der Waals surface area contributed by atoms with Gasteiger partial charge < -0.3 is 15.8 Å². The summed E-state index contributed by atoms with van der Waals surface area (Å²) in [6.45, 7) is -0.166. The summed E-state index contributed by atoms with van der Waals surface area (Å²) >= 11 is 1.47. The molecule has 0 atom stereocenters. The number of ether oxygens (including phenoxy) is 1. The first kappa shape index (κ1) is 13.1. The molecule has 0 aliphatic rings. The van der Waals surface area contributed by atoms with Crippen molar-refractivity contribution in [3.63, 3.8) is 0 Å². The molecule has 0 spiro atoms. The minimum atomic E-state index is -0.533. The molecule has 0 aliphatic heterocycles. The molecule has 0 unspecified atom stereocenters. The maximum Gasteiger partial charge on any atom is 0.256 e. The zero-order valence-corrected chi connectivity index (χ0v) is 10.8. The van der Waals surface area contributed by atoms with Crippen molar-refractivity contribution in [1.29, 1.82) is 0 Å². The van der Waals surface area contributed by atoms with Crippen LogP contribution in [0.3, 0.4) is 0 Å². The minimum absolute atomic E-state index is 0.160. The van der Waals surface area contributed by atoms with Gasteiger partial charge in [-0.05, 0) is 35.7 Å². The molecule has 0 aliphatic carbocycles. The molecule has 19 heavy (non-hydrogen) atoms. The lowest BCUT2D eigenvalue weighted by Gasteiger charge is -2.06. The molecule has 0 radical (unpaired) electrons. The van der Waals surface area contributed by atoms with E-state index in [1.54, 1.807) is 35.7 Å². The van der Waals surface area contributed by atoms with Crippen LogP contribution in [0, 0.1) is 0 Å². The Morgan fingerprint density at radius 3 is 2.53 bits per heavy atom. The molecule has 0 fully saturated rings. The Balaban J connectivity index is 1.95. The molecule has 3 N–H and O–H groups in total. The van der Waals surface area contributed by atoms with Crippen LogP contribution in [0.25, 0.3) is 0 Å². The van der Waals surface area contributed by atoms with E-state index in [1.165, 1.54) is 11.3 Å². The van der Waals surface area contributed by atoms with Crippen LogP contribution in [0.15, 0.2) is 41.1 Å². The van der Waals surface area contributed by atoms with E-state index in [0.717, 1.165) is 0 Å². The summed E-state index contributed by atoms with van der Waals surface area (Å²) in [6.07, 6.45) is 0. The average molecular weight is 276 g/mol. The van der Waals surface area contributed by atoms with E-state index in [-0.39, 0.29) is 12.5 Å². The van der Waals surface area contributed by atoms with Crippen LogP contribution in [-0.2, 0) is 4.79 Å². The maximum atomic E-state index is 11.8. The zero-order chi connectivity index (χ0) is 13.7. The second-order valence-corrected chi connectivity index (χ2v) is 4.53. The van der Waals surface area contributed by atoms with Crippen LogP contribution in [0.1, 0.15) is 10.4 Å². The molecule has 5 nitrogen and oxygen atoms in total. The Bertz CT molecular complexity index is 564. The first-order chi connectivity index (χ1) is 9.15. The van der Waals surface area contributed by atoms with Crippen LogP contribution in [0.5, 0.6) is 5.75 Å². The van der Waals surface area contributed by atoms with Gasteiger partial charge in [0.1, 0.15) is 5.75 Å². The van der Waals surface area contributed by atoms with Gasteiger partial charge in [0.05, 0.1) is 5.56 Å². The molecule has 2 rings (SSSR count). The fourth-order valence-corrected chi connectivity index (χ4v) is 2.02. The van der Waals surface area contributed by atoms with Gasteiger partial charge in [-0.25, -0.2) is 0 Å². The zero-order valence-electron chi connectivity index (χ0n) is 9.96. The number of anilines is 1. The van der Waals surface area contributed by atoms with Crippen LogP contribution in [0.4, 0.5) is 5.69 Å². The SMILES string of the molecule is NC(=O)COc1ccc(NC(=O)c2ccsc2)cc1. The lowest BCUT2D eigenvalue weighted by Crippen LogP contribution is -2.20. The van der Waals surface area contributed by atoms with Gasteiger partial charge >= 0.3 is 0 Å². The number of rotatable bonds is 5. The van der Waals surface area contributed by atoms with E-state index < -0.39 is 5.91 Å². The summed E-state index contributed by atoms with van der Waals surface area (Å²) in [4.78, 5) is 22.3.